The third-order valence-corrected chi connectivity index (χ3v) is 7.12. The topological polar surface area (TPSA) is 113 Å². The Hall–Kier alpha value is -4.92. The normalized spacial score (nSPS) is 11.0. The lowest BCUT2D eigenvalue weighted by atomic mass is 9.99. The molecule has 0 aliphatic rings. The molecule has 1 heterocycles. The molecule has 0 aliphatic heterocycles. The van der Waals surface area contributed by atoms with Gasteiger partial charge in [-0.3, -0.25) is 9.59 Å². The minimum atomic E-state index is -0.314. The summed E-state index contributed by atoms with van der Waals surface area (Å²) in [5.74, 6) is 0.761. The Morgan fingerprint density at radius 3 is 2.50 bits per heavy atom. The van der Waals surface area contributed by atoms with Gasteiger partial charge in [0.15, 0.2) is 0 Å². The molecular formula is C36H36N2O6. The number of carbonyl (C=O) groups is 2. The van der Waals surface area contributed by atoms with Gasteiger partial charge in [0.1, 0.15) is 23.7 Å². The van der Waals surface area contributed by atoms with Gasteiger partial charge in [0, 0.05) is 48.8 Å². The molecule has 0 bridgehead atoms. The van der Waals surface area contributed by atoms with E-state index in [0.29, 0.717) is 48.8 Å². The number of amides is 1. The molecule has 8 nitrogen and oxygen atoms in total. The number of nitrogens with two attached hydrogens (primary N) is 1. The van der Waals surface area contributed by atoms with Gasteiger partial charge in [-0.15, -0.1) is 0 Å². The molecule has 0 saturated heterocycles. The van der Waals surface area contributed by atoms with Crippen molar-refractivity contribution in [2.75, 3.05) is 20.3 Å². The van der Waals surface area contributed by atoms with Crippen LogP contribution >= 0.6 is 0 Å². The lowest BCUT2D eigenvalue weighted by molar-refractivity contribution is -0.143. The number of fused-ring (bicyclic) bond motifs is 1. The lowest BCUT2D eigenvalue weighted by Gasteiger charge is -2.13. The smallest absolute Gasteiger partial charge is 0.310 e. The number of carbonyl (C=O) groups excluding carboxylic acids is 2. The van der Waals surface area contributed by atoms with Crippen molar-refractivity contribution in [3.63, 3.8) is 0 Å². The molecule has 0 spiro atoms. The molecule has 0 radical (unpaired) electrons. The number of hydrogen-bond donors (Lipinski definition) is 2. The van der Waals surface area contributed by atoms with E-state index in [9.17, 15) is 9.59 Å². The van der Waals surface area contributed by atoms with E-state index in [1.54, 1.807) is 19.2 Å². The average Bonchev–Trinajstić information content (AvgIpc) is 3.48. The predicted molar refractivity (Wildman–Crippen MR) is 169 cm³/mol. The van der Waals surface area contributed by atoms with Crippen molar-refractivity contribution in [1.29, 1.82) is 0 Å². The van der Waals surface area contributed by atoms with Crippen molar-refractivity contribution in [2.24, 2.45) is 5.73 Å². The summed E-state index contributed by atoms with van der Waals surface area (Å²) < 4.78 is 22.9. The number of furan rings is 1. The predicted octanol–water partition coefficient (Wildman–Crippen LogP) is 6.19. The summed E-state index contributed by atoms with van der Waals surface area (Å²) in [5, 5.41) is 3.82. The SMILES string of the molecule is COCCCOC(=O)Cc1ccccc1OCc1cc(-c2cccc(CN)c2)c2oc(CNC(=O)c3ccccc3)cc2c1. The van der Waals surface area contributed by atoms with Gasteiger partial charge in [-0.25, -0.2) is 0 Å². The molecule has 3 N–H and O–H groups in total. The first-order valence-electron chi connectivity index (χ1n) is 14.6. The second-order valence-electron chi connectivity index (χ2n) is 10.4. The second kappa shape index (κ2) is 15.0. The standard InChI is InChI=1S/C36H36N2O6/c1-41-15-8-16-42-34(39)21-29-12-5-6-14-33(29)43-24-26-18-30-20-31(23-38-36(40)27-10-3-2-4-11-27)44-35(30)32(19-26)28-13-7-9-25(17-28)22-37/h2-7,9-14,17-20H,8,15-16,21-24,37H2,1H3,(H,38,40). The molecule has 5 rings (SSSR count). The van der Waals surface area contributed by atoms with Crippen LogP contribution in [-0.4, -0.2) is 32.2 Å². The highest BCUT2D eigenvalue weighted by Gasteiger charge is 2.16. The first kappa shape index (κ1) is 30.5. The number of rotatable bonds is 14. The van der Waals surface area contributed by atoms with E-state index >= 15 is 0 Å². The minimum Gasteiger partial charge on any atom is -0.489 e. The highest BCUT2D eigenvalue weighted by Crippen LogP contribution is 2.34. The largest absolute Gasteiger partial charge is 0.489 e. The zero-order valence-electron chi connectivity index (χ0n) is 24.7. The van der Waals surface area contributed by atoms with Crippen LogP contribution in [0.25, 0.3) is 22.1 Å². The molecule has 0 unspecified atom stereocenters. The summed E-state index contributed by atoms with van der Waals surface area (Å²) in [6.45, 7) is 1.78. The van der Waals surface area contributed by atoms with Crippen LogP contribution in [0.4, 0.5) is 0 Å². The van der Waals surface area contributed by atoms with E-state index in [-0.39, 0.29) is 31.4 Å². The second-order valence-corrected chi connectivity index (χ2v) is 10.4. The zero-order chi connectivity index (χ0) is 30.7. The number of esters is 1. The molecule has 1 amide bonds. The Bertz CT molecular complexity index is 1710. The number of para-hydroxylation sites is 1. The highest BCUT2D eigenvalue weighted by molar-refractivity contribution is 5.95. The quantitative estimate of drug-likeness (QED) is 0.117. The van der Waals surface area contributed by atoms with Gasteiger partial charge in [-0.1, -0.05) is 54.6 Å². The van der Waals surface area contributed by atoms with Crippen LogP contribution in [0.15, 0.2) is 101 Å². The number of methoxy groups -OCH3 is 1. The third-order valence-electron chi connectivity index (χ3n) is 7.12. The van der Waals surface area contributed by atoms with Crippen LogP contribution in [0.1, 0.15) is 39.2 Å². The van der Waals surface area contributed by atoms with Crippen molar-refractivity contribution in [3.05, 3.63) is 125 Å². The summed E-state index contributed by atoms with van der Waals surface area (Å²) >= 11 is 0. The van der Waals surface area contributed by atoms with Gasteiger partial charge in [-0.2, -0.15) is 0 Å². The monoisotopic (exact) mass is 592 g/mol. The van der Waals surface area contributed by atoms with Crippen LogP contribution in [0, 0.1) is 0 Å². The van der Waals surface area contributed by atoms with E-state index in [2.05, 4.69) is 5.32 Å². The Kier molecular flexibility index (Phi) is 10.4. The lowest BCUT2D eigenvalue weighted by Crippen LogP contribution is -2.22. The highest BCUT2D eigenvalue weighted by atomic mass is 16.5. The Balaban J connectivity index is 1.37. The van der Waals surface area contributed by atoms with E-state index in [4.69, 9.17) is 24.4 Å². The number of nitrogens with one attached hydrogen (secondary N) is 1. The van der Waals surface area contributed by atoms with Crippen molar-refractivity contribution in [2.45, 2.75) is 32.5 Å². The van der Waals surface area contributed by atoms with E-state index in [0.717, 1.165) is 33.2 Å². The number of ether oxygens (including phenoxy) is 3. The number of benzene rings is 4. The molecule has 0 aliphatic carbocycles. The van der Waals surface area contributed by atoms with Gasteiger partial charge >= 0.3 is 5.97 Å². The Morgan fingerprint density at radius 1 is 0.864 bits per heavy atom. The van der Waals surface area contributed by atoms with Gasteiger partial charge in [0.05, 0.1) is 19.6 Å². The summed E-state index contributed by atoms with van der Waals surface area (Å²) in [7, 11) is 1.62. The van der Waals surface area contributed by atoms with Crippen molar-refractivity contribution in [3.8, 4) is 16.9 Å². The van der Waals surface area contributed by atoms with E-state index < -0.39 is 0 Å². The molecule has 1 aromatic heterocycles. The number of hydrogen-bond acceptors (Lipinski definition) is 7. The molecule has 0 fully saturated rings. The van der Waals surface area contributed by atoms with Gasteiger partial charge in [0.2, 0.25) is 0 Å². The van der Waals surface area contributed by atoms with Gasteiger partial charge in [0.25, 0.3) is 5.91 Å². The summed E-state index contributed by atoms with van der Waals surface area (Å²) in [6, 6.07) is 30.6. The maximum atomic E-state index is 12.6. The van der Waals surface area contributed by atoms with Crippen LogP contribution in [0.5, 0.6) is 5.75 Å². The van der Waals surface area contributed by atoms with Crippen molar-refractivity contribution < 1.29 is 28.2 Å². The van der Waals surface area contributed by atoms with Gasteiger partial charge < -0.3 is 29.7 Å². The maximum Gasteiger partial charge on any atom is 0.310 e. The van der Waals surface area contributed by atoms with E-state index in [1.165, 1.54) is 0 Å². The Labute approximate surface area is 256 Å². The molecule has 44 heavy (non-hydrogen) atoms. The fourth-order valence-corrected chi connectivity index (χ4v) is 4.93. The minimum absolute atomic E-state index is 0.110. The summed E-state index contributed by atoms with van der Waals surface area (Å²) in [4.78, 5) is 25.0. The Morgan fingerprint density at radius 2 is 1.68 bits per heavy atom. The van der Waals surface area contributed by atoms with Gasteiger partial charge in [-0.05, 0) is 59.2 Å². The maximum absolute atomic E-state index is 12.6. The van der Waals surface area contributed by atoms with Crippen molar-refractivity contribution >= 4 is 22.8 Å². The molecule has 0 atom stereocenters. The summed E-state index contributed by atoms with van der Waals surface area (Å²) in [6.07, 6.45) is 0.758. The van der Waals surface area contributed by atoms with Crippen molar-refractivity contribution in [1.82, 2.24) is 5.32 Å². The molecule has 5 aromatic rings. The zero-order valence-corrected chi connectivity index (χ0v) is 24.7. The van der Waals surface area contributed by atoms with Crippen LogP contribution in [0.2, 0.25) is 0 Å². The molecule has 8 heteroatoms. The fourth-order valence-electron chi connectivity index (χ4n) is 4.93. The van der Waals surface area contributed by atoms with Crippen LogP contribution in [-0.2, 0) is 40.4 Å². The van der Waals surface area contributed by atoms with E-state index in [1.807, 2.05) is 84.9 Å². The molecule has 0 saturated carbocycles. The third kappa shape index (κ3) is 7.92. The fraction of sp³-hybridized carbons (Fsp3) is 0.222. The van der Waals surface area contributed by atoms with Crippen LogP contribution in [0.3, 0.4) is 0 Å². The molecule has 4 aromatic carbocycles. The first-order valence-corrected chi connectivity index (χ1v) is 14.6. The average molecular weight is 593 g/mol. The molecular weight excluding hydrogens is 556 g/mol. The summed E-state index contributed by atoms with van der Waals surface area (Å²) in [5.41, 5.74) is 11.8. The molecule has 226 valence electrons. The first-order chi connectivity index (χ1) is 21.5. The van der Waals surface area contributed by atoms with Crippen LogP contribution < -0.4 is 15.8 Å².